The molecule has 0 unspecified atom stereocenters. The lowest BCUT2D eigenvalue weighted by molar-refractivity contribution is 0.101. The molecule has 3 nitrogen and oxygen atoms in total. The minimum absolute atomic E-state index is 0.0540. The molecule has 76 valence electrons. The number of fused-ring (bicyclic) bond motifs is 1. The molecule has 0 saturated heterocycles. The summed E-state index contributed by atoms with van der Waals surface area (Å²) in [5.41, 5.74) is 3.28. The molecule has 0 saturated carbocycles. The maximum absolute atomic E-state index is 11.2. The number of nitrogens with zero attached hydrogens (tertiary/aromatic N) is 2. The van der Waals surface area contributed by atoms with E-state index in [1.807, 2.05) is 13.0 Å². The number of hydrogen-bond donors (Lipinski definition) is 0. The van der Waals surface area contributed by atoms with Crippen LogP contribution in [0.5, 0.6) is 0 Å². The molecule has 3 heteroatoms. The highest BCUT2D eigenvalue weighted by molar-refractivity contribution is 5.97. The summed E-state index contributed by atoms with van der Waals surface area (Å²) in [6, 6.07) is 5.42. The number of ketones is 1. The highest BCUT2D eigenvalue weighted by Crippen LogP contribution is 2.12. The van der Waals surface area contributed by atoms with Crippen molar-refractivity contribution in [3.05, 3.63) is 35.7 Å². The van der Waals surface area contributed by atoms with Gasteiger partial charge in [0.25, 0.3) is 0 Å². The van der Waals surface area contributed by atoms with Gasteiger partial charge in [-0.25, -0.2) is 4.98 Å². The van der Waals surface area contributed by atoms with Gasteiger partial charge in [0.15, 0.2) is 5.78 Å². The zero-order chi connectivity index (χ0) is 10.8. The molecule has 0 spiro atoms. The molecular weight excluding hydrogens is 188 g/mol. The van der Waals surface area contributed by atoms with Gasteiger partial charge < -0.3 is 0 Å². The zero-order valence-corrected chi connectivity index (χ0v) is 8.82. The first-order valence-electron chi connectivity index (χ1n) is 4.97. The molecule has 15 heavy (non-hydrogen) atoms. The van der Waals surface area contributed by atoms with Crippen molar-refractivity contribution in [3.63, 3.8) is 0 Å². The van der Waals surface area contributed by atoms with Crippen molar-refractivity contribution in [1.29, 1.82) is 0 Å². The minimum Gasteiger partial charge on any atom is -0.295 e. The molecule has 2 aromatic rings. The van der Waals surface area contributed by atoms with Crippen molar-refractivity contribution < 1.29 is 4.79 Å². The van der Waals surface area contributed by atoms with Gasteiger partial charge in [-0.2, -0.15) is 0 Å². The van der Waals surface area contributed by atoms with Gasteiger partial charge >= 0.3 is 0 Å². The second kappa shape index (κ2) is 3.77. The zero-order valence-electron chi connectivity index (χ0n) is 8.82. The Hall–Kier alpha value is -1.77. The number of rotatable bonds is 2. The third-order valence-corrected chi connectivity index (χ3v) is 2.36. The summed E-state index contributed by atoms with van der Waals surface area (Å²) in [6.45, 7) is 3.59. The number of benzene rings is 1. The van der Waals surface area contributed by atoms with Crippen molar-refractivity contribution in [3.8, 4) is 0 Å². The summed E-state index contributed by atoms with van der Waals surface area (Å²) >= 11 is 0. The predicted octanol–water partition coefficient (Wildman–Crippen LogP) is 2.39. The van der Waals surface area contributed by atoms with Crippen LogP contribution in [-0.4, -0.2) is 15.8 Å². The standard InChI is InChI=1S/C12H12N2O/c1-3-10-7-13-12-6-9(8(2)15)4-5-11(12)14-10/h4-7H,3H2,1-2H3. The second-order valence-electron chi connectivity index (χ2n) is 3.47. The van der Waals surface area contributed by atoms with Gasteiger partial charge in [-0.15, -0.1) is 0 Å². The Bertz CT molecular complexity index is 520. The summed E-state index contributed by atoms with van der Waals surface area (Å²) in [7, 11) is 0. The van der Waals surface area contributed by atoms with E-state index in [4.69, 9.17) is 0 Å². The molecule has 0 radical (unpaired) electrons. The molecule has 0 aliphatic heterocycles. The van der Waals surface area contributed by atoms with Crippen LogP contribution in [0, 0.1) is 0 Å². The first kappa shape index (κ1) is 9.77. The van der Waals surface area contributed by atoms with Crippen LogP contribution in [0.1, 0.15) is 29.9 Å². The summed E-state index contributed by atoms with van der Waals surface area (Å²) in [4.78, 5) is 19.9. The van der Waals surface area contributed by atoms with Gasteiger partial charge in [0, 0.05) is 11.8 Å². The third kappa shape index (κ3) is 1.86. The summed E-state index contributed by atoms with van der Waals surface area (Å²) in [5, 5.41) is 0. The monoisotopic (exact) mass is 200 g/mol. The highest BCUT2D eigenvalue weighted by atomic mass is 16.1. The maximum Gasteiger partial charge on any atom is 0.159 e. The number of hydrogen-bond acceptors (Lipinski definition) is 3. The number of carbonyl (C=O) groups excluding carboxylic acids is 1. The van der Waals surface area contributed by atoms with Crippen LogP contribution in [-0.2, 0) is 6.42 Å². The smallest absolute Gasteiger partial charge is 0.159 e. The number of aryl methyl sites for hydroxylation is 1. The van der Waals surface area contributed by atoms with Crippen LogP contribution in [0.3, 0.4) is 0 Å². The van der Waals surface area contributed by atoms with Crippen molar-refractivity contribution in [1.82, 2.24) is 9.97 Å². The molecule has 0 atom stereocenters. The molecule has 1 aromatic carbocycles. The molecule has 0 aliphatic carbocycles. The number of aromatic nitrogens is 2. The van der Waals surface area contributed by atoms with Gasteiger partial charge in [0.05, 0.1) is 16.7 Å². The molecule has 2 rings (SSSR count). The van der Waals surface area contributed by atoms with Crippen LogP contribution in [0.2, 0.25) is 0 Å². The minimum atomic E-state index is 0.0540. The average molecular weight is 200 g/mol. The van der Waals surface area contributed by atoms with Crippen LogP contribution in [0.15, 0.2) is 24.4 Å². The maximum atomic E-state index is 11.2. The highest BCUT2D eigenvalue weighted by Gasteiger charge is 2.03. The Kier molecular flexibility index (Phi) is 2.46. The van der Waals surface area contributed by atoms with E-state index in [1.54, 1.807) is 25.3 Å². The normalized spacial score (nSPS) is 10.5. The molecule has 0 bridgehead atoms. The predicted molar refractivity (Wildman–Crippen MR) is 58.9 cm³/mol. The van der Waals surface area contributed by atoms with E-state index >= 15 is 0 Å². The second-order valence-corrected chi connectivity index (χ2v) is 3.47. The fourth-order valence-corrected chi connectivity index (χ4v) is 1.44. The SMILES string of the molecule is CCc1cnc2cc(C(C)=O)ccc2n1. The van der Waals surface area contributed by atoms with Gasteiger partial charge in [0.1, 0.15) is 0 Å². The van der Waals surface area contributed by atoms with Crippen LogP contribution in [0.4, 0.5) is 0 Å². The largest absolute Gasteiger partial charge is 0.295 e. The van der Waals surface area contributed by atoms with Gasteiger partial charge in [-0.1, -0.05) is 6.92 Å². The molecule has 0 N–H and O–H groups in total. The van der Waals surface area contributed by atoms with E-state index in [-0.39, 0.29) is 5.78 Å². The molecule has 1 aromatic heterocycles. The van der Waals surface area contributed by atoms with Gasteiger partial charge in [0.2, 0.25) is 0 Å². The Morgan fingerprint density at radius 3 is 2.80 bits per heavy atom. The van der Waals surface area contributed by atoms with Crippen molar-refractivity contribution >= 4 is 16.8 Å². The molecule has 0 aliphatic rings. The molecule has 0 amide bonds. The van der Waals surface area contributed by atoms with E-state index in [9.17, 15) is 4.79 Å². The van der Waals surface area contributed by atoms with E-state index in [0.29, 0.717) is 5.56 Å². The summed E-state index contributed by atoms with van der Waals surface area (Å²) < 4.78 is 0. The van der Waals surface area contributed by atoms with Crippen LogP contribution in [0.25, 0.3) is 11.0 Å². The Labute approximate surface area is 88.2 Å². The number of Topliss-reactive ketones (excluding diaryl/α,β-unsaturated/α-hetero) is 1. The fraction of sp³-hybridized carbons (Fsp3) is 0.250. The first-order valence-corrected chi connectivity index (χ1v) is 4.97. The molecular formula is C12H12N2O. The molecule has 0 fully saturated rings. The van der Waals surface area contributed by atoms with E-state index in [2.05, 4.69) is 9.97 Å². The Morgan fingerprint density at radius 1 is 1.33 bits per heavy atom. The fourth-order valence-electron chi connectivity index (χ4n) is 1.44. The van der Waals surface area contributed by atoms with Gasteiger partial charge in [-0.05, 0) is 31.5 Å². The average Bonchev–Trinajstić information content (AvgIpc) is 2.27. The van der Waals surface area contributed by atoms with Crippen molar-refractivity contribution in [2.75, 3.05) is 0 Å². The van der Waals surface area contributed by atoms with Crippen molar-refractivity contribution in [2.24, 2.45) is 0 Å². The lowest BCUT2D eigenvalue weighted by atomic mass is 10.1. The van der Waals surface area contributed by atoms with E-state index in [1.165, 1.54) is 0 Å². The number of carbonyl (C=O) groups is 1. The summed E-state index contributed by atoms with van der Waals surface area (Å²) in [5.74, 6) is 0.0540. The topological polar surface area (TPSA) is 42.9 Å². The Balaban J connectivity index is 2.59. The van der Waals surface area contributed by atoms with E-state index in [0.717, 1.165) is 23.1 Å². The first-order chi connectivity index (χ1) is 7.20. The summed E-state index contributed by atoms with van der Waals surface area (Å²) in [6.07, 6.45) is 2.63. The Morgan fingerprint density at radius 2 is 2.13 bits per heavy atom. The lowest BCUT2D eigenvalue weighted by Crippen LogP contribution is -1.95. The van der Waals surface area contributed by atoms with Gasteiger partial charge in [-0.3, -0.25) is 9.78 Å². The third-order valence-electron chi connectivity index (χ3n) is 2.36. The lowest BCUT2D eigenvalue weighted by Gasteiger charge is -2.01. The van der Waals surface area contributed by atoms with Crippen molar-refractivity contribution in [2.45, 2.75) is 20.3 Å². The van der Waals surface area contributed by atoms with Crippen LogP contribution < -0.4 is 0 Å². The van der Waals surface area contributed by atoms with Crippen LogP contribution >= 0.6 is 0 Å². The molecule has 1 heterocycles. The quantitative estimate of drug-likeness (QED) is 0.699. The van der Waals surface area contributed by atoms with E-state index < -0.39 is 0 Å².